The van der Waals surface area contributed by atoms with Crippen LogP contribution in [0.4, 0.5) is 0 Å². The van der Waals surface area contributed by atoms with Crippen LogP contribution in [-0.4, -0.2) is 31.1 Å². The Morgan fingerprint density at radius 1 is 1.04 bits per heavy atom. The Balaban J connectivity index is 2.00. The highest BCUT2D eigenvalue weighted by molar-refractivity contribution is 5.89. The maximum absolute atomic E-state index is 9.41. The van der Waals surface area contributed by atoms with E-state index in [0.29, 0.717) is 12.2 Å². The van der Waals surface area contributed by atoms with Gasteiger partial charge in [0, 0.05) is 6.54 Å². The Bertz CT molecular complexity index is 680. The Morgan fingerprint density at radius 2 is 1.71 bits per heavy atom. The predicted octanol–water partition coefficient (Wildman–Crippen LogP) is 4.47. The second-order valence-corrected chi connectivity index (χ2v) is 5.48. The van der Waals surface area contributed by atoms with E-state index in [2.05, 4.69) is 24.8 Å². The van der Waals surface area contributed by atoms with E-state index in [1.807, 2.05) is 60.7 Å². The van der Waals surface area contributed by atoms with Gasteiger partial charge in [-0.3, -0.25) is 0 Å². The van der Waals surface area contributed by atoms with Crippen molar-refractivity contribution in [2.45, 2.75) is 13.8 Å². The molecule has 3 heteroatoms. The lowest BCUT2D eigenvalue weighted by Crippen LogP contribution is -2.27. The van der Waals surface area contributed by atoms with Gasteiger partial charge < -0.3 is 9.64 Å². The fourth-order valence-electron chi connectivity index (χ4n) is 2.46. The summed E-state index contributed by atoms with van der Waals surface area (Å²) in [4.78, 5) is 2.32. The van der Waals surface area contributed by atoms with Crippen LogP contribution in [0.25, 0.3) is 11.6 Å². The van der Waals surface area contributed by atoms with Gasteiger partial charge in [0.05, 0.1) is 11.6 Å². The van der Waals surface area contributed by atoms with Gasteiger partial charge in [-0.25, -0.2) is 0 Å². The highest BCUT2D eigenvalue weighted by atomic mass is 16.5. The van der Waals surface area contributed by atoms with Crippen molar-refractivity contribution in [2.24, 2.45) is 0 Å². The van der Waals surface area contributed by atoms with Crippen molar-refractivity contribution in [1.82, 2.24) is 4.90 Å². The summed E-state index contributed by atoms with van der Waals surface area (Å²) in [5.41, 5.74) is 2.57. The second kappa shape index (κ2) is 9.54. The summed E-state index contributed by atoms with van der Waals surface area (Å²) in [5.74, 6) is 0.836. The average Bonchev–Trinajstić information content (AvgIpc) is 2.65. The molecule has 0 atom stereocenters. The normalized spacial score (nSPS) is 11.3. The molecular formula is C21H24N2O. The first-order valence-electron chi connectivity index (χ1n) is 8.39. The van der Waals surface area contributed by atoms with Crippen LogP contribution in [0.2, 0.25) is 0 Å². The molecule has 2 aromatic carbocycles. The topological polar surface area (TPSA) is 36.3 Å². The number of nitrogens with zero attached hydrogens (tertiary/aromatic N) is 2. The van der Waals surface area contributed by atoms with Gasteiger partial charge in [0.1, 0.15) is 12.4 Å². The predicted molar refractivity (Wildman–Crippen MR) is 99.7 cm³/mol. The van der Waals surface area contributed by atoms with E-state index in [9.17, 15) is 5.26 Å². The molecule has 0 saturated heterocycles. The summed E-state index contributed by atoms with van der Waals surface area (Å²) in [6, 6.07) is 19.9. The van der Waals surface area contributed by atoms with Gasteiger partial charge in [-0.2, -0.15) is 5.26 Å². The molecule has 0 aliphatic rings. The third kappa shape index (κ3) is 5.26. The number of rotatable bonds is 8. The minimum atomic E-state index is 0.649. The maximum atomic E-state index is 9.41. The van der Waals surface area contributed by atoms with Crippen molar-refractivity contribution < 1.29 is 4.74 Å². The molecule has 124 valence electrons. The number of allylic oxidation sites excluding steroid dienone is 1. The molecule has 0 amide bonds. The number of hydrogen-bond donors (Lipinski definition) is 0. The van der Waals surface area contributed by atoms with Crippen molar-refractivity contribution in [3.8, 4) is 11.8 Å². The summed E-state index contributed by atoms with van der Waals surface area (Å²) in [6.45, 7) is 7.98. The van der Waals surface area contributed by atoms with Gasteiger partial charge in [0.15, 0.2) is 0 Å². The van der Waals surface area contributed by atoms with Crippen LogP contribution in [0.5, 0.6) is 5.75 Å². The summed E-state index contributed by atoms with van der Waals surface area (Å²) >= 11 is 0. The van der Waals surface area contributed by atoms with Crippen molar-refractivity contribution in [3.63, 3.8) is 0 Å². The van der Waals surface area contributed by atoms with Crippen LogP contribution in [0.1, 0.15) is 25.0 Å². The lowest BCUT2D eigenvalue weighted by Gasteiger charge is -2.18. The molecule has 0 saturated carbocycles. The SMILES string of the molecule is CCN(CC)CCOc1ccc(/C(C#N)=C\c2ccccc2)cc1. The summed E-state index contributed by atoms with van der Waals surface area (Å²) in [5, 5.41) is 9.41. The highest BCUT2D eigenvalue weighted by Gasteiger charge is 2.03. The number of nitriles is 1. The Labute approximate surface area is 144 Å². The van der Waals surface area contributed by atoms with Crippen LogP contribution in [0.15, 0.2) is 54.6 Å². The first-order chi connectivity index (χ1) is 11.8. The quantitative estimate of drug-likeness (QED) is 0.532. The first-order valence-corrected chi connectivity index (χ1v) is 8.39. The van der Waals surface area contributed by atoms with Gasteiger partial charge in [-0.05, 0) is 54.6 Å². The number of benzene rings is 2. The Kier molecular flexibility index (Phi) is 7.07. The van der Waals surface area contributed by atoms with Gasteiger partial charge in [-0.1, -0.05) is 44.2 Å². The van der Waals surface area contributed by atoms with Crippen molar-refractivity contribution in [3.05, 3.63) is 65.7 Å². The molecule has 2 rings (SSSR count). The van der Waals surface area contributed by atoms with E-state index >= 15 is 0 Å². The number of hydrogen-bond acceptors (Lipinski definition) is 3. The zero-order valence-electron chi connectivity index (χ0n) is 14.4. The molecule has 3 nitrogen and oxygen atoms in total. The zero-order valence-corrected chi connectivity index (χ0v) is 14.4. The molecule has 24 heavy (non-hydrogen) atoms. The van der Waals surface area contributed by atoms with Crippen LogP contribution in [0.3, 0.4) is 0 Å². The minimum Gasteiger partial charge on any atom is -0.492 e. The Hall–Kier alpha value is -2.57. The molecule has 0 aliphatic heterocycles. The van der Waals surface area contributed by atoms with Crippen LogP contribution >= 0.6 is 0 Å². The third-order valence-electron chi connectivity index (χ3n) is 3.97. The van der Waals surface area contributed by atoms with E-state index in [1.54, 1.807) is 0 Å². The molecule has 0 spiro atoms. The number of ether oxygens (including phenoxy) is 1. The van der Waals surface area contributed by atoms with Gasteiger partial charge >= 0.3 is 0 Å². The largest absolute Gasteiger partial charge is 0.492 e. The first kappa shape index (κ1) is 17.8. The zero-order chi connectivity index (χ0) is 17.2. The molecular weight excluding hydrogens is 296 g/mol. The highest BCUT2D eigenvalue weighted by Crippen LogP contribution is 2.20. The average molecular weight is 320 g/mol. The van der Waals surface area contributed by atoms with Gasteiger partial charge in [0.2, 0.25) is 0 Å². The molecule has 0 aromatic heterocycles. The molecule has 0 fully saturated rings. The summed E-state index contributed by atoms with van der Waals surface area (Å²) in [6.07, 6.45) is 1.90. The van der Waals surface area contributed by atoms with Crippen LogP contribution in [0, 0.1) is 11.3 Å². The molecule has 0 heterocycles. The fourth-order valence-corrected chi connectivity index (χ4v) is 2.46. The van der Waals surface area contributed by atoms with E-state index in [0.717, 1.165) is 36.5 Å². The third-order valence-corrected chi connectivity index (χ3v) is 3.97. The smallest absolute Gasteiger partial charge is 0.119 e. The van der Waals surface area contributed by atoms with Gasteiger partial charge in [0.25, 0.3) is 0 Å². The molecule has 0 bridgehead atoms. The lowest BCUT2D eigenvalue weighted by molar-refractivity contribution is 0.223. The van der Waals surface area contributed by atoms with E-state index in [-0.39, 0.29) is 0 Å². The van der Waals surface area contributed by atoms with E-state index < -0.39 is 0 Å². The summed E-state index contributed by atoms with van der Waals surface area (Å²) in [7, 11) is 0. The Morgan fingerprint density at radius 3 is 2.29 bits per heavy atom. The molecule has 2 aromatic rings. The van der Waals surface area contributed by atoms with Crippen molar-refractivity contribution >= 4 is 11.6 Å². The van der Waals surface area contributed by atoms with E-state index in [4.69, 9.17) is 4.74 Å². The lowest BCUT2D eigenvalue weighted by atomic mass is 10.0. The number of likely N-dealkylation sites (N-methyl/N-ethyl adjacent to an activating group) is 1. The molecule has 0 N–H and O–H groups in total. The van der Waals surface area contributed by atoms with Crippen LogP contribution in [-0.2, 0) is 0 Å². The molecule has 0 unspecified atom stereocenters. The van der Waals surface area contributed by atoms with Crippen molar-refractivity contribution in [2.75, 3.05) is 26.2 Å². The summed E-state index contributed by atoms with van der Waals surface area (Å²) < 4.78 is 5.78. The van der Waals surface area contributed by atoms with Crippen molar-refractivity contribution in [1.29, 1.82) is 5.26 Å². The van der Waals surface area contributed by atoms with Gasteiger partial charge in [-0.15, -0.1) is 0 Å². The minimum absolute atomic E-state index is 0.649. The molecule has 0 radical (unpaired) electrons. The second-order valence-electron chi connectivity index (χ2n) is 5.48. The maximum Gasteiger partial charge on any atom is 0.119 e. The molecule has 0 aliphatic carbocycles. The van der Waals surface area contributed by atoms with E-state index in [1.165, 1.54) is 0 Å². The fraction of sp³-hybridized carbons (Fsp3) is 0.286. The standard InChI is InChI=1S/C21H24N2O/c1-3-23(4-2)14-15-24-21-12-10-19(11-13-21)20(17-22)16-18-8-6-5-7-9-18/h5-13,16H,3-4,14-15H2,1-2H3/b20-16-. The van der Waals surface area contributed by atoms with Crippen LogP contribution < -0.4 is 4.74 Å². The monoisotopic (exact) mass is 320 g/mol.